The molecule has 1 heterocycles. The van der Waals surface area contributed by atoms with Gasteiger partial charge in [-0.25, -0.2) is 0 Å². The molecule has 1 rings (SSSR count). The Morgan fingerprint density at radius 3 is 1.88 bits per heavy atom. The lowest BCUT2D eigenvalue weighted by Crippen LogP contribution is -1.38. The van der Waals surface area contributed by atoms with Crippen LogP contribution < -0.4 is 0 Å². The monoisotopic (exact) mass is 126 g/mol. The molecule has 0 radical (unpaired) electrons. The lowest BCUT2D eigenvalue weighted by atomic mass is 10.7. The minimum atomic E-state index is 1.44. The minimum Gasteiger partial charge on any atom is -0.368 e. The molecule has 1 aromatic heterocycles. The van der Waals surface area contributed by atoms with Gasteiger partial charge in [-0.1, -0.05) is 12.6 Å². The Morgan fingerprint density at radius 2 is 1.75 bits per heavy atom. The van der Waals surface area contributed by atoms with Crippen LogP contribution in [0.3, 0.4) is 0 Å². The normalized spacial score (nSPS) is 6.00. The van der Waals surface area contributed by atoms with Gasteiger partial charge in [-0.05, 0) is 12.1 Å². The Labute approximate surface area is 53.6 Å². The third-order valence-corrected chi connectivity index (χ3v) is 0.496. The second kappa shape index (κ2) is 6.12. The van der Waals surface area contributed by atoms with Crippen LogP contribution in [-0.4, -0.2) is 4.98 Å². The first kappa shape index (κ1) is 7.12. The minimum absolute atomic E-state index is 1.44. The first-order valence-corrected chi connectivity index (χ1v) is 2.47. The van der Waals surface area contributed by atoms with Crippen molar-refractivity contribution in [1.82, 2.24) is 4.98 Å². The van der Waals surface area contributed by atoms with Crippen LogP contribution in [0.1, 0.15) is 0 Å². The maximum atomic E-state index is 7.18. The number of H-pyrrole nitrogens is 1. The molecule has 0 fully saturated rings. The van der Waals surface area contributed by atoms with Gasteiger partial charge >= 0.3 is 0 Å². The molecule has 1 N–H and O–H groups in total. The van der Waals surface area contributed by atoms with Crippen LogP contribution in [0.2, 0.25) is 0 Å². The Bertz CT molecular complexity index is 123. The van der Waals surface area contributed by atoms with Gasteiger partial charge in [0.25, 0.3) is 0 Å². The van der Waals surface area contributed by atoms with Crippen LogP contribution in [0.4, 0.5) is 0 Å². The summed E-state index contributed by atoms with van der Waals surface area (Å²) in [5.74, 6) is 0. The van der Waals surface area contributed by atoms with E-state index in [0.29, 0.717) is 0 Å². The van der Waals surface area contributed by atoms with Gasteiger partial charge in [-0.3, -0.25) is 0 Å². The third kappa shape index (κ3) is 5.12. The summed E-state index contributed by atoms with van der Waals surface area (Å²) in [4.78, 5) is 2.86. The Kier molecular flexibility index (Phi) is 5.45. The fraction of sp³-hybridized carbons (Fsp3) is 0. The number of nitrogens with zero attached hydrogens (tertiary/aromatic N) is 1. The number of hydrogen-bond donors (Lipinski definition) is 2. The summed E-state index contributed by atoms with van der Waals surface area (Å²) in [5.41, 5.74) is 0. The van der Waals surface area contributed by atoms with E-state index in [2.05, 4.69) is 17.6 Å². The van der Waals surface area contributed by atoms with E-state index in [1.165, 1.54) is 5.40 Å². The van der Waals surface area contributed by atoms with Crippen molar-refractivity contribution in [3.05, 3.63) is 24.5 Å². The summed E-state index contributed by atoms with van der Waals surface area (Å²) >= 11 is 3.09. The van der Waals surface area contributed by atoms with Crippen molar-refractivity contribution < 1.29 is 0 Å². The summed E-state index contributed by atoms with van der Waals surface area (Å²) in [6.07, 6.45) is 3.75. The summed E-state index contributed by atoms with van der Waals surface area (Å²) < 4.78 is 0. The lowest BCUT2D eigenvalue weighted by Gasteiger charge is -1.49. The highest BCUT2D eigenvalue weighted by atomic mass is 32.1. The fourth-order valence-electron chi connectivity index (χ4n) is 0.278. The fourth-order valence-corrected chi connectivity index (χ4v) is 0.278. The number of hydrogen-bond acceptors (Lipinski definition) is 2. The SMILES string of the molecule is N#CS.c1cc[nH]c1. The number of aromatic amines is 1. The quantitative estimate of drug-likeness (QED) is 0.400. The summed E-state index contributed by atoms with van der Waals surface area (Å²) in [6, 6.07) is 3.89. The smallest absolute Gasteiger partial charge is 0.130 e. The van der Waals surface area contributed by atoms with E-state index in [9.17, 15) is 0 Å². The van der Waals surface area contributed by atoms with Crippen LogP contribution in [0.15, 0.2) is 24.5 Å². The molecule has 0 unspecified atom stereocenters. The highest BCUT2D eigenvalue weighted by molar-refractivity contribution is 7.85. The molecule has 0 aliphatic rings. The summed E-state index contributed by atoms with van der Waals surface area (Å²) in [7, 11) is 0. The predicted molar refractivity (Wildman–Crippen MR) is 35.4 cm³/mol. The highest BCUT2D eigenvalue weighted by Crippen LogP contribution is 1.72. The second-order valence-electron chi connectivity index (χ2n) is 0.985. The lowest BCUT2D eigenvalue weighted by molar-refractivity contribution is 1.42. The number of aromatic nitrogens is 1. The molecule has 0 aromatic carbocycles. The number of thiocyanates is 1. The zero-order valence-corrected chi connectivity index (χ0v) is 5.10. The van der Waals surface area contributed by atoms with Crippen LogP contribution in [0.25, 0.3) is 0 Å². The van der Waals surface area contributed by atoms with E-state index < -0.39 is 0 Å². The Morgan fingerprint density at radius 1 is 1.38 bits per heavy atom. The van der Waals surface area contributed by atoms with E-state index in [1.807, 2.05) is 24.5 Å². The zero-order chi connectivity index (χ0) is 6.24. The average Bonchev–Trinajstić information content (AvgIpc) is 2.17. The van der Waals surface area contributed by atoms with Crippen molar-refractivity contribution in [3.8, 4) is 5.40 Å². The molecule has 0 bridgehead atoms. The van der Waals surface area contributed by atoms with Gasteiger partial charge in [-0.2, -0.15) is 5.26 Å². The standard InChI is InChI=1S/C4H5N.CHNS/c1-2-4-5-3-1;2-1-3/h1-5H;3H. The summed E-state index contributed by atoms with van der Waals surface area (Å²) in [5, 5.41) is 8.63. The van der Waals surface area contributed by atoms with Gasteiger partial charge in [-0.15, -0.1) is 0 Å². The molecule has 0 aliphatic carbocycles. The van der Waals surface area contributed by atoms with Crippen LogP contribution in [0.5, 0.6) is 0 Å². The van der Waals surface area contributed by atoms with E-state index in [0.717, 1.165) is 0 Å². The number of thiol groups is 1. The molecule has 3 heteroatoms. The van der Waals surface area contributed by atoms with Gasteiger partial charge < -0.3 is 4.98 Å². The van der Waals surface area contributed by atoms with E-state index in [-0.39, 0.29) is 0 Å². The molecule has 2 nitrogen and oxygen atoms in total. The van der Waals surface area contributed by atoms with Crippen LogP contribution in [0, 0.1) is 10.7 Å². The second-order valence-corrected chi connectivity index (χ2v) is 1.18. The third-order valence-electron chi connectivity index (χ3n) is 0.496. The maximum Gasteiger partial charge on any atom is 0.130 e. The molecule has 0 saturated heterocycles. The first-order valence-electron chi connectivity index (χ1n) is 2.02. The molecule has 0 atom stereocenters. The molecule has 0 spiro atoms. The van der Waals surface area contributed by atoms with Crippen molar-refractivity contribution in [2.75, 3.05) is 0 Å². The Hall–Kier alpha value is -0.880. The molecular weight excluding hydrogens is 120 g/mol. The molecule has 42 valence electrons. The number of nitrogens with one attached hydrogen (secondary N) is 1. The summed E-state index contributed by atoms with van der Waals surface area (Å²) in [6.45, 7) is 0. The van der Waals surface area contributed by atoms with Crippen molar-refractivity contribution in [3.63, 3.8) is 0 Å². The molecular formula is C5H6N2S. The maximum absolute atomic E-state index is 7.18. The van der Waals surface area contributed by atoms with Gasteiger partial charge in [0, 0.05) is 12.4 Å². The zero-order valence-electron chi connectivity index (χ0n) is 4.20. The highest BCUT2D eigenvalue weighted by Gasteiger charge is 1.55. The predicted octanol–water partition coefficient (Wildman–Crippen LogP) is 1.41. The van der Waals surface area contributed by atoms with Crippen molar-refractivity contribution in [2.24, 2.45) is 0 Å². The molecule has 1 aromatic rings. The van der Waals surface area contributed by atoms with E-state index in [4.69, 9.17) is 5.26 Å². The van der Waals surface area contributed by atoms with Crippen molar-refractivity contribution in [2.45, 2.75) is 0 Å². The Balaban J connectivity index is 0.000000145. The van der Waals surface area contributed by atoms with E-state index >= 15 is 0 Å². The largest absolute Gasteiger partial charge is 0.368 e. The molecule has 0 aliphatic heterocycles. The molecule has 8 heavy (non-hydrogen) atoms. The topological polar surface area (TPSA) is 39.6 Å². The van der Waals surface area contributed by atoms with Crippen LogP contribution in [-0.2, 0) is 0 Å². The van der Waals surface area contributed by atoms with Gasteiger partial charge in [0.05, 0.1) is 0 Å². The van der Waals surface area contributed by atoms with Gasteiger partial charge in [0.2, 0.25) is 0 Å². The van der Waals surface area contributed by atoms with Gasteiger partial charge in [0.1, 0.15) is 5.40 Å². The molecule has 0 saturated carbocycles. The van der Waals surface area contributed by atoms with Crippen molar-refractivity contribution in [1.29, 1.82) is 5.26 Å². The number of nitriles is 1. The van der Waals surface area contributed by atoms with Gasteiger partial charge in [0.15, 0.2) is 0 Å². The van der Waals surface area contributed by atoms with Crippen LogP contribution >= 0.6 is 12.6 Å². The molecule has 0 amide bonds. The van der Waals surface area contributed by atoms with E-state index in [1.54, 1.807) is 0 Å². The number of rotatable bonds is 0. The first-order chi connectivity index (χ1) is 3.91. The average molecular weight is 126 g/mol. The van der Waals surface area contributed by atoms with Crippen molar-refractivity contribution >= 4 is 12.6 Å².